The van der Waals surface area contributed by atoms with Crippen molar-refractivity contribution in [2.24, 2.45) is 10.9 Å². The number of nitrogens with one attached hydrogen (secondary N) is 2. The highest BCUT2D eigenvalue weighted by molar-refractivity contribution is 7.90. The molecule has 0 aromatic heterocycles. The Morgan fingerprint density at radius 2 is 1.90 bits per heavy atom. The lowest BCUT2D eigenvalue weighted by Gasteiger charge is -2.38. The number of hydrogen-bond acceptors (Lipinski definition) is 6. The SMILES string of the molecule is CCC(CC)C(CNC(=O)[C@H](C)N=C1NS(=O)(=O)c2ccccc21)N1CCOCC1. The summed E-state index contributed by atoms with van der Waals surface area (Å²) in [6, 6.07) is 6.19. The molecule has 1 fully saturated rings. The predicted molar refractivity (Wildman–Crippen MR) is 116 cm³/mol. The molecule has 2 aliphatic heterocycles. The normalized spacial score (nSPS) is 21.8. The summed E-state index contributed by atoms with van der Waals surface area (Å²) < 4.78 is 32.4. The lowest BCUT2D eigenvalue weighted by atomic mass is 9.92. The first-order valence-corrected chi connectivity index (χ1v) is 12.1. The summed E-state index contributed by atoms with van der Waals surface area (Å²) in [5.74, 6) is 0.492. The molecule has 8 nitrogen and oxygen atoms in total. The van der Waals surface area contributed by atoms with Gasteiger partial charge in [0.05, 0.1) is 18.1 Å². The van der Waals surface area contributed by atoms with Gasteiger partial charge in [-0.05, 0) is 25.0 Å². The molecule has 2 atom stereocenters. The Balaban J connectivity index is 1.68. The zero-order valence-corrected chi connectivity index (χ0v) is 18.7. The fourth-order valence-corrected chi connectivity index (χ4v) is 5.41. The van der Waals surface area contributed by atoms with Gasteiger partial charge < -0.3 is 10.1 Å². The summed E-state index contributed by atoms with van der Waals surface area (Å²) in [7, 11) is -3.62. The molecular formula is C21H32N4O4S. The number of carbonyl (C=O) groups is 1. The Bertz CT molecular complexity index is 877. The zero-order chi connectivity index (χ0) is 21.7. The van der Waals surface area contributed by atoms with Crippen molar-refractivity contribution < 1.29 is 17.9 Å². The topological polar surface area (TPSA) is 100 Å². The monoisotopic (exact) mass is 436 g/mol. The number of fused-ring (bicyclic) bond motifs is 1. The molecule has 1 unspecified atom stereocenters. The van der Waals surface area contributed by atoms with Crippen LogP contribution in [-0.4, -0.2) is 70.0 Å². The van der Waals surface area contributed by atoms with E-state index in [1.807, 2.05) is 0 Å². The number of aliphatic imine (C=N–C) groups is 1. The van der Waals surface area contributed by atoms with Gasteiger partial charge in [0.1, 0.15) is 11.9 Å². The molecule has 3 rings (SSSR count). The quantitative estimate of drug-likeness (QED) is 0.641. The van der Waals surface area contributed by atoms with Crippen LogP contribution in [0.1, 0.15) is 39.2 Å². The number of nitrogens with zero attached hydrogens (tertiary/aromatic N) is 2. The summed E-state index contributed by atoms with van der Waals surface area (Å²) in [4.78, 5) is 19.7. The maximum absolute atomic E-state index is 12.8. The summed E-state index contributed by atoms with van der Waals surface area (Å²) in [5, 5.41) is 3.04. The van der Waals surface area contributed by atoms with Crippen molar-refractivity contribution >= 4 is 21.8 Å². The van der Waals surface area contributed by atoms with Crippen LogP contribution in [0.4, 0.5) is 0 Å². The van der Waals surface area contributed by atoms with Crippen LogP contribution >= 0.6 is 0 Å². The number of sulfonamides is 1. The Morgan fingerprint density at radius 3 is 2.57 bits per heavy atom. The van der Waals surface area contributed by atoms with Gasteiger partial charge in [-0.25, -0.2) is 8.42 Å². The van der Waals surface area contributed by atoms with E-state index >= 15 is 0 Å². The molecule has 2 N–H and O–H groups in total. The number of rotatable bonds is 8. The fraction of sp³-hybridized carbons (Fsp3) is 0.619. The minimum atomic E-state index is -3.62. The molecule has 0 saturated carbocycles. The molecule has 1 aromatic carbocycles. The van der Waals surface area contributed by atoms with Gasteiger partial charge in [-0.15, -0.1) is 0 Å². The molecule has 9 heteroatoms. The van der Waals surface area contributed by atoms with Crippen molar-refractivity contribution in [3.8, 4) is 0 Å². The maximum Gasteiger partial charge on any atom is 0.263 e. The van der Waals surface area contributed by atoms with Gasteiger partial charge >= 0.3 is 0 Å². The molecule has 1 amide bonds. The van der Waals surface area contributed by atoms with E-state index in [9.17, 15) is 13.2 Å². The van der Waals surface area contributed by atoms with Crippen molar-refractivity contribution in [1.82, 2.24) is 14.9 Å². The van der Waals surface area contributed by atoms with Gasteiger partial charge in [0.15, 0.2) is 0 Å². The van der Waals surface area contributed by atoms with Crippen LogP contribution in [0.2, 0.25) is 0 Å². The molecule has 0 radical (unpaired) electrons. The molecule has 2 heterocycles. The Labute approximate surface area is 179 Å². The Hall–Kier alpha value is -1.97. The van der Waals surface area contributed by atoms with Gasteiger partial charge in [0.25, 0.3) is 10.0 Å². The van der Waals surface area contributed by atoms with Crippen LogP contribution in [-0.2, 0) is 19.6 Å². The van der Waals surface area contributed by atoms with Crippen molar-refractivity contribution in [2.45, 2.75) is 50.6 Å². The second-order valence-electron chi connectivity index (χ2n) is 7.79. The molecule has 0 aliphatic carbocycles. The van der Waals surface area contributed by atoms with Crippen molar-refractivity contribution in [3.05, 3.63) is 29.8 Å². The van der Waals surface area contributed by atoms with Gasteiger partial charge in [-0.2, -0.15) is 0 Å². The number of ether oxygens (including phenoxy) is 1. The predicted octanol–water partition coefficient (Wildman–Crippen LogP) is 1.37. The third kappa shape index (κ3) is 5.01. The van der Waals surface area contributed by atoms with E-state index in [4.69, 9.17) is 4.74 Å². The van der Waals surface area contributed by atoms with Gasteiger partial charge in [0.2, 0.25) is 5.91 Å². The third-order valence-electron chi connectivity index (χ3n) is 5.96. The molecule has 166 valence electrons. The smallest absolute Gasteiger partial charge is 0.263 e. The summed E-state index contributed by atoms with van der Waals surface area (Å²) in [6.07, 6.45) is 2.09. The van der Waals surface area contributed by atoms with Crippen molar-refractivity contribution in [1.29, 1.82) is 0 Å². The summed E-state index contributed by atoms with van der Waals surface area (Å²) in [5.41, 5.74) is 0.500. The van der Waals surface area contributed by atoms with Crippen molar-refractivity contribution in [2.75, 3.05) is 32.8 Å². The molecule has 1 aromatic rings. The highest BCUT2D eigenvalue weighted by atomic mass is 32.2. The first-order chi connectivity index (χ1) is 14.4. The lowest BCUT2D eigenvalue weighted by molar-refractivity contribution is -0.122. The third-order valence-corrected chi connectivity index (χ3v) is 7.36. The standard InChI is InChI=1S/C21H32N4O4S/c1-4-16(5-2)18(25-10-12-29-13-11-25)14-22-21(26)15(3)23-20-17-8-6-7-9-19(17)30(27,28)24-20/h6-9,15-16,18H,4-5,10-14H2,1-3H3,(H,22,26)(H,23,24)/t15-,18?/m0/s1. The first-order valence-electron chi connectivity index (χ1n) is 10.7. The van der Waals surface area contributed by atoms with E-state index in [1.165, 1.54) is 6.07 Å². The van der Waals surface area contributed by atoms with E-state index < -0.39 is 16.1 Å². The van der Waals surface area contributed by atoms with Crippen LogP contribution in [0, 0.1) is 5.92 Å². The number of morpholine rings is 1. The van der Waals surface area contributed by atoms with Gasteiger partial charge in [-0.3, -0.25) is 19.4 Å². The largest absolute Gasteiger partial charge is 0.379 e. The second-order valence-corrected chi connectivity index (χ2v) is 9.44. The van der Waals surface area contributed by atoms with Crippen LogP contribution in [0.15, 0.2) is 34.2 Å². The number of hydrogen-bond donors (Lipinski definition) is 2. The van der Waals surface area contributed by atoms with E-state index in [2.05, 4.69) is 33.8 Å². The number of benzene rings is 1. The Morgan fingerprint density at radius 1 is 1.23 bits per heavy atom. The average molecular weight is 437 g/mol. The minimum absolute atomic E-state index is 0.192. The summed E-state index contributed by atoms with van der Waals surface area (Å²) in [6.45, 7) is 9.76. The lowest BCUT2D eigenvalue weighted by Crippen LogP contribution is -2.52. The highest BCUT2D eigenvalue weighted by Crippen LogP contribution is 2.23. The number of carbonyl (C=O) groups excluding carboxylic acids is 1. The molecule has 2 aliphatic rings. The van der Waals surface area contributed by atoms with Gasteiger partial charge in [-0.1, -0.05) is 38.8 Å². The molecule has 30 heavy (non-hydrogen) atoms. The van der Waals surface area contributed by atoms with Crippen molar-refractivity contribution in [3.63, 3.8) is 0 Å². The van der Waals surface area contributed by atoms with Crippen LogP contribution in [0.3, 0.4) is 0 Å². The molecule has 0 spiro atoms. The Kier molecular flexibility index (Phi) is 7.49. The second kappa shape index (κ2) is 9.89. The highest BCUT2D eigenvalue weighted by Gasteiger charge is 2.32. The fourth-order valence-electron chi connectivity index (χ4n) is 4.17. The van der Waals surface area contributed by atoms with Crippen LogP contribution < -0.4 is 10.0 Å². The molecule has 1 saturated heterocycles. The maximum atomic E-state index is 12.8. The molecular weight excluding hydrogens is 404 g/mol. The van der Waals surface area contributed by atoms with Gasteiger partial charge in [0, 0.05) is 31.2 Å². The number of amides is 1. The van der Waals surface area contributed by atoms with Crippen LogP contribution in [0.25, 0.3) is 0 Å². The van der Waals surface area contributed by atoms with Crippen LogP contribution in [0.5, 0.6) is 0 Å². The first kappa shape index (κ1) is 22.7. The minimum Gasteiger partial charge on any atom is -0.379 e. The zero-order valence-electron chi connectivity index (χ0n) is 17.9. The van der Waals surface area contributed by atoms with E-state index in [-0.39, 0.29) is 22.7 Å². The molecule has 0 bridgehead atoms. The van der Waals surface area contributed by atoms with E-state index in [1.54, 1.807) is 25.1 Å². The average Bonchev–Trinajstić information content (AvgIpc) is 3.01. The van der Waals surface area contributed by atoms with E-state index in [0.29, 0.717) is 31.2 Å². The number of amidine groups is 1. The van der Waals surface area contributed by atoms with E-state index in [0.717, 1.165) is 25.9 Å². The summed E-state index contributed by atoms with van der Waals surface area (Å²) >= 11 is 0.